The highest BCUT2D eigenvalue weighted by molar-refractivity contribution is 7.98. The van der Waals surface area contributed by atoms with E-state index >= 15 is 0 Å². The van der Waals surface area contributed by atoms with Crippen molar-refractivity contribution in [3.8, 4) is 17.1 Å². The number of benzene rings is 1. The zero-order chi connectivity index (χ0) is 16.9. The molecule has 1 aromatic carbocycles. The van der Waals surface area contributed by atoms with Crippen molar-refractivity contribution in [3.63, 3.8) is 0 Å². The van der Waals surface area contributed by atoms with Crippen LogP contribution in [0.4, 0.5) is 0 Å². The van der Waals surface area contributed by atoms with Gasteiger partial charge in [0.1, 0.15) is 5.75 Å². The summed E-state index contributed by atoms with van der Waals surface area (Å²) in [6.07, 6.45) is 0.739. The van der Waals surface area contributed by atoms with E-state index in [4.69, 9.17) is 15.1 Å². The normalized spacial score (nSPS) is 10.9. The van der Waals surface area contributed by atoms with Gasteiger partial charge in [0.05, 0.1) is 12.4 Å². The molecule has 8 nitrogen and oxygen atoms in total. The number of hydrogen-bond acceptors (Lipinski definition) is 8. The van der Waals surface area contributed by atoms with Gasteiger partial charge < -0.3 is 15.1 Å². The van der Waals surface area contributed by atoms with Crippen LogP contribution in [0.2, 0.25) is 0 Å². The van der Waals surface area contributed by atoms with E-state index in [1.807, 2.05) is 38.1 Å². The Kier molecular flexibility index (Phi) is 4.99. The van der Waals surface area contributed by atoms with Gasteiger partial charge in [-0.3, -0.25) is 0 Å². The first-order valence-electron chi connectivity index (χ1n) is 7.59. The van der Waals surface area contributed by atoms with Crippen LogP contribution in [0.1, 0.15) is 25.6 Å². The molecular weight excluding hydrogens is 328 g/mol. The van der Waals surface area contributed by atoms with E-state index in [1.165, 1.54) is 16.4 Å². The molecule has 9 heteroatoms. The Labute approximate surface area is 143 Å². The summed E-state index contributed by atoms with van der Waals surface area (Å²) in [6.45, 7) is 4.55. The standard InChI is InChI=1S/C15H18N6O2S/c1-3-12-17-13(23-20-12)9-24-15-19-18-14(21(15)16)10-5-7-11(8-6-10)22-4-2/h5-8H,3-4,9,16H2,1-2H3. The lowest BCUT2D eigenvalue weighted by atomic mass is 10.2. The van der Waals surface area contributed by atoms with Gasteiger partial charge in [-0.1, -0.05) is 23.8 Å². The lowest BCUT2D eigenvalue weighted by molar-refractivity contribution is 0.340. The minimum Gasteiger partial charge on any atom is -0.494 e. The molecular formula is C15H18N6O2S. The summed E-state index contributed by atoms with van der Waals surface area (Å²) in [5.74, 6) is 9.22. The van der Waals surface area contributed by atoms with E-state index < -0.39 is 0 Å². The maximum atomic E-state index is 6.10. The van der Waals surface area contributed by atoms with Gasteiger partial charge in [-0.15, -0.1) is 10.2 Å². The van der Waals surface area contributed by atoms with E-state index in [1.54, 1.807) is 0 Å². The highest BCUT2D eigenvalue weighted by Crippen LogP contribution is 2.25. The lowest BCUT2D eigenvalue weighted by Crippen LogP contribution is -2.11. The Hall–Kier alpha value is -2.55. The van der Waals surface area contributed by atoms with Crippen LogP contribution >= 0.6 is 11.8 Å². The topological polar surface area (TPSA) is 105 Å². The summed E-state index contributed by atoms with van der Waals surface area (Å²) in [5.41, 5.74) is 0.867. The fraction of sp³-hybridized carbons (Fsp3) is 0.333. The first kappa shape index (κ1) is 16.3. The molecule has 0 aliphatic heterocycles. The summed E-state index contributed by atoms with van der Waals surface area (Å²) in [7, 11) is 0. The molecule has 0 radical (unpaired) electrons. The molecule has 126 valence electrons. The van der Waals surface area contributed by atoms with E-state index in [9.17, 15) is 0 Å². The summed E-state index contributed by atoms with van der Waals surface area (Å²) < 4.78 is 12.0. The van der Waals surface area contributed by atoms with E-state index in [0.717, 1.165) is 17.7 Å². The number of nitrogen functional groups attached to an aromatic ring is 1. The molecule has 0 saturated carbocycles. The van der Waals surface area contributed by atoms with Crippen molar-refractivity contribution in [1.29, 1.82) is 0 Å². The number of nitrogens with zero attached hydrogens (tertiary/aromatic N) is 5. The third kappa shape index (κ3) is 3.51. The molecule has 0 fully saturated rings. The molecule has 0 unspecified atom stereocenters. The highest BCUT2D eigenvalue weighted by Gasteiger charge is 2.14. The summed E-state index contributed by atoms with van der Waals surface area (Å²) in [5, 5.41) is 12.7. The second-order valence-corrected chi connectivity index (χ2v) is 5.82. The monoisotopic (exact) mass is 346 g/mol. The Balaban J connectivity index is 1.70. The minimum atomic E-state index is 0.492. The second-order valence-electron chi connectivity index (χ2n) is 4.88. The van der Waals surface area contributed by atoms with Crippen LogP contribution in [0, 0.1) is 0 Å². The molecule has 0 saturated heterocycles. The first-order chi connectivity index (χ1) is 11.7. The van der Waals surface area contributed by atoms with Crippen molar-refractivity contribution in [3.05, 3.63) is 36.0 Å². The average Bonchev–Trinajstić information content (AvgIpc) is 3.21. The zero-order valence-electron chi connectivity index (χ0n) is 13.5. The SMILES string of the molecule is CCOc1ccc(-c2nnc(SCc3nc(CC)no3)n2N)cc1. The van der Waals surface area contributed by atoms with Crippen LogP contribution < -0.4 is 10.6 Å². The van der Waals surface area contributed by atoms with Crippen LogP contribution in [0.3, 0.4) is 0 Å². The number of aryl methyl sites for hydroxylation is 1. The Bertz CT molecular complexity index is 799. The van der Waals surface area contributed by atoms with Gasteiger partial charge in [0.15, 0.2) is 11.6 Å². The molecule has 2 aromatic heterocycles. The number of nitrogens with two attached hydrogens (primary N) is 1. The minimum absolute atomic E-state index is 0.492. The van der Waals surface area contributed by atoms with Gasteiger partial charge in [-0.2, -0.15) is 4.98 Å². The van der Waals surface area contributed by atoms with E-state index in [-0.39, 0.29) is 0 Å². The molecule has 0 aliphatic carbocycles. The van der Waals surface area contributed by atoms with E-state index in [0.29, 0.717) is 35.1 Å². The van der Waals surface area contributed by atoms with Crippen molar-refractivity contribution < 1.29 is 9.26 Å². The fourth-order valence-electron chi connectivity index (χ4n) is 2.06. The summed E-state index contributed by atoms with van der Waals surface area (Å²) in [6, 6.07) is 7.56. The predicted octanol–water partition coefficient (Wildman–Crippen LogP) is 2.30. The number of ether oxygens (including phenoxy) is 1. The predicted molar refractivity (Wildman–Crippen MR) is 90.0 cm³/mol. The van der Waals surface area contributed by atoms with Gasteiger partial charge in [0.2, 0.25) is 11.0 Å². The van der Waals surface area contributed by atoms with Crippen LogP contribution in [-0.4, -0.2) is 31.6 Å². The smallest absolute Gasteiger partial charge is 0.237 e. The average molecular weight is 346 g/mol. The molecule has 24 heavy (non-hydrogen) atoms. The summed E-state index contributed by atoms with van der Waals surface area (Å²) in [4.78, 5) is 4.25. The maximum absolute atomic E-state index is 6.10. The number of thioether (sulfide) groups is 1. The molecule has 0 aliphatic rings. The van der Waals surface area contributed by atoms with Crippen molar-refractivity contribution in [2.75, 3.05) is 12.4 Å². The molecule has 0 amide bonds. The van der Waals surface area contributed by atoms with Gasteiger partial charge in [-0.05, 0) is 31.2 Å². The highest BCUT2D eigenvalue weighted by atomic mass is 32.2. The van der Waals surface area contributed by atoms with Crippen molar-refractivity contribution >= 4 is 11.8 Å². The Morgan fingerprint density at radius 1 is 1.21 bits per heavy atom. The van der Waals surface area contributed by atoms with Crippen LogP contribution in [0.5, 0.6) is 5.75 Å². The molecule has 3 rings (SSSR count). The fourth-order valence-corrected chi connectivity index (χ4v) is 2.75. The Morgan fingerprint density at radius 2 is 2.00 bits per heavy atom. The number of hydrogen-bond donors (Lipinski definition) is 1. The van der Waals surface area contributed by atoms with Crippen molar-refractivity contribution in [2.45, 2.75) is 31.2 Å². The Morgan fingerprint density at radius 3 is 2.67 bits per heavy atom. The van der Waals surface area contributed by atoms with Gasteiger partial charge in [0, 0.05) is 12.0 Å². The number of aromatic nitrogens is 5. The second kappa shape index (κ2) is 7.35. The van der Waals surface area contributed by atoms with Gasteiger partial charge in [-0.25, -0.2) is 4.68 Å². The largest absolute Gasteiger partial charge is 0.494 e. The zero-order valence-corrected chi connectivity index (χ0v) is 14.3. The third-order valence-corrected chi connectivity index (χ3v) is 4.17. The molecule has 2 heterocycles. The molecule has 3 aromatic rings. The molecule has 0 atom stereocenters. The molecule has 0 bridgehead atoms. The molecule has 0 spiro atoms. The van der Waals surface area contributed by atoms with Crippen LogP contribution in [-0.2, 0) is 12.2 Å². The summed E-state index contributed by atoms with van der Waals surface area (Å²) >= 11 is 1.39. The quantitative estimate of drug-likeness (QED) is 0.513. The van der Waals surface area contributed by atoms with E-state index in [2.05, 4.69) is 20.3 Å². The maximum Gasteiger partial charge on any atom is 0.237 e. The van der Waals surface area contributed by atoms with Gasteiger partial charge in [0.25, 0.3) is 0 Å². The van der Waals surface area contributed by atoms with Crippen molar-refractivity contribution in [1.82, 2.24) is 25.0 Å². The van der Waals surface area contributed by atoms with Gasteiger partial charge >= 0.3 is 0 Å². The van der Waals surface area contributed by atoms with Crippen molar-refractivity contribution in [2.24, 2.45) is 0 Å². The number of rotatable bonds is 7. The van der Waals surface area contributed by atoms with Crippen LogP contribution in [0.15, 0.2) is 33.9 Å². The molecule has 2 N–H and O–H groups in total. The first-order valence-corrected chi connectivity index (χ1v) is 8.57. The lowest BCUT2D eigenvalue weighted by Gasteiger charge is -2.05. The van der Waals surface area contributed by atoms with Crippen LogP contribution in [0.25, 0.3) is 11.4 Å². The third-order valence-electron chi connectivity index (χ3n) is 3.24.